The number of rotatable bonds is 3. The van der Waals surface area contributed by atoms with E-state index in [-0.39, 0.29) is 17.1 Å². The lowest BCUT2D eigenvalue weighted by Crippen LogP contribution is -2.29. The molecule has 5 nitrogen and oxygen atoms in total. The fourth-order valence-electron chi connectivity index (χ4n) is 3.57. The van der Waals surface area contributed by atoms with Crippen molar-refractivity contribution in [3.05, 3.63) is 101 Å². The Hall–Kier alpha value is -3.93. The summed E-state index contributed by atoms with van der Waals surface area (Å²) in [6.45, 7) is 1.89. The van der Waals surface area contributed by atoms with Gasteiger partial charge in [-0.2, -0.15) is 0 Å². The summed E-state index contributed by atoms with van der Waals surface area (Å²) in [6.07, 6.45) is 0. The Labute approximate surface area is 172 Å². The first-order valence-electron chi connectivity index (χ1n) is 9.29. The number of phenolic OH excluding ortho intramolecular Hbond substituents is 1. The number of anilines is 1. The summed E-state index contributed by atoms with van der Waals surface area (Å²) < 4.78 is 14.0. The molecule has 3 aromatic rings. The minimum absolute atomic E-state index is 0.00250. The first-order valence-corrected chi connectivity index (χ1v) is 9.29. The lowest BCUT2D eigenvalue weighted by molar-refractivity contribution is -0.132. The zero-order valence-electron chi connectivity index (χ0n) is 16.0. The summed E-state index contributed by atoms with van der Waals surface area (Å²) in [5, 5.41) is 20.5. The van der Waals surface area contributed by atoms with Crippen LogP contribution in [0.3, 0.4) is 0 Å². The first-order chi connectivity index (χ1) is 14.4. The van der Waals surface area contributed by atoms with Gasteiger partial charge in [-0.3, -0.25) is 14.5 Å². The number of Topliss-reactive ketones (excluding diaryl/α,β-unsaturated/α-hetero) is 1. The van der Waals surface area contributed by atoms with E-state index in [2.05, 4.69) is 0 Å². The van der Waals surface area contributed by atoms with Gasteiger partial charge in [0.05, 0.1) is 11.6 Å². The van der Waals surface area contributed by atoms with E-state index in [0.717, 1.165) is 5.56 Å². The van der Waals surface area contributed by atoms with Gasteiger partial charge in [-0.1, -0.05) is 42.0 Å². The van der Waals surface area contributed by atoms with Crippen LogP contribution in [-0.2, 0) is 9.59 Å². The molecule has 0 aromatic heterocycles. The van der Waals surface area contributed by atoms with Gasteiger partial charge in [-0.15, -0.1) is 0 Å². The van der Waals surface area contributed by atoms with Gasteiger partial charge in [0.2, 0.25) is 0 Å². The van der Waals surface area contributed by atoms with Gasteiger partial charge in [0.15, 0.2) is 0 Å². The maximum atomic E-state index is 14.0. The molecule has 1 fully saturated rings. The third kappa shape index (κ3) is 3.33. The normalized spacial score (nSPS) is 18.1. The monoisotopic (exact) mass is 403 g/mol. The second-order valence-electron chi connectivity index (χ2n) is 7.11. The van der Waals surface area contributed by atoms with Crippen LogP contribution in [0.2, 0.25) is 0 Å². The van der Waals surface area contributed by atoms with Crippen molar-refractivity contribution in [3.8, 4) is 5.75 Å². The van der Waals surface area contributed by atoms with Crippen LogP contribution in [0.25, 0.3) is 5.76 Å². The molecule has 1 aliphatic heterocycles. The number of ketones is 1. The Bertz CT molecular complexity index is 1170. The smallest absolute Gasteiger partial charge is 0.300 e. The molecule has 6 heteroatoms. The van der Waals surface area contributed by atoms with Crippen LogP contribution in [0.5, 0.6) is 5.75 Å². The van der Waals surface area contributed by atoms with Crippen molar-refractivity contribution in [2.24, 2.45) is 0 Å². The van der Waals surface area contributed by atoms with E-state index < -0.39 is 23.5 Å². The number of carbonyl (C=O) groups excluding carboxylic acids is 2. The summed E-state index contributed by atoms with van der Waals surface area (Å²) in [5.41, 5.74) is 1.91. The summed E-state index contributed by atoms with van der Waals surface area (Å²) in [6, 6.07) is 17.1. The molecule has 0 saturated carbocycles. The zero-order chi connectivity index (χ0) is 21.4. The highest BCUT2D eigenvalue weighted by molar-refractivity contribution is 6.51. The number of hydrogen-bond acceptors (Lipinski definition) is 4. The van der Waals surface area contributed by atoms with Crippen LogP contribution >= 0.6 is 0 Å². The van der Waals surface area contributed by atoms with Crippen molar-refractivity contribution in [2.45, 2.75) is 13.0 Å². The van der Waals surface area contributed by atoms with Crippen molar-refractivity contribution < 1.29 is 24.2 Å². The number of phenols is 1. The van der Waals surface area contributed by atoms with Gasteiger partial charge in [0.1, 0.15) is 17.3 Å². The minimum Gasteiger partial charge on any atom is -0.508 e. The third-order valence-electron chi connectivity index (χ3n) is 5.06. The van der Waals surface area contributed by atoms with Crippen LogP contribution in [-0.4, -0.2) is 21.9 Å². The Morgan fingerprint density at radius 2 is 1.63 bits per heavy atom. The number of aliphatic hydroxyl groups excluding tert-OH is 1. The van der Waals surface area contributed by atoms with Crippen molar-refractivity contribution in [1.29, 1.82) is 0 Å². The number of carbonyl (C=O) groups is 2. The Kier molecular flexibility index (Phi) is 4.83. The largest absolute Gasteiger partial charge is 0.508 e. The van der Waals surface area contributed by atoms with Crippen LogP contribution in [0.1, 0.15) is 22.7 Å². The molecule has 0 unspecified atom stereocenters. The van der Waals surface area contributed by atoms with Crippen molar-refractivity contribution in [1.82, 2.24) is 0 Å². The molecule has 0 spiro atoms. The van der Waals surface area contributed by atoms with E-state index in [1.807, 2.05) is 6.92 Å². The predicted octanol–water partition coefficient (Wildman–Crippen LogP) is 4.47. The Morgan fingerprint density at radius 1 is 0.967 bits per heavy atom. The SMILES string of the molecule is Cc1ccc(C(O)=C2C(=O)C(=O)N(c3ccc(O)cc3)[C@H]2c2cccc(F)c2)cc1. The van der Waals surface area contributed by atoms with Crippen molar-refractivity contribution in [2.75, 3.05) is 4.90 Å². The fraction of sp³-hybridized carbons (Fsp3) is 0.0833. The predicted molar refractivity (Wildman–Crippen MR) is 110 cm³/mol. The number of hydrogen-bond donors (Lipinski definition) is 2. The number of benzene rings is 3. The molecule has 1 atom stereocenters. The number of amides is 1. The molecule has 1 aliphatic rings. The number of aryl methyl sites for hydroxylation is 1. The molecule has 0 aliphatic carbocycles. The summed E-state index contributed by atoms with van der Waals surface area (Å²) in [5.74, 6) is -2.57. The third-order valence-corrected chi connectivity index (χ3v) is 5.06. The summed E-state index contributed by atoms with van der Waals surface area (Å²) in [4.78, 5) is 27.1. The van der Waals surface area contributed by atoms with Crippen LogP contribution < -0.4 is 4.90 Å². The van der Waals surface area contributed by atoms with E-state index in [1.54, 1.807) is 30.3 Å². The molecule has 3 aromatic carbocycles. The van der Waals surface area contributed by atoms with E-state index in [1.165, 1.54) is 47.4 Å². The molecule has 1 heterocycles. The Morgan fingerprint density at radius 3 is 2.27 bits per heavy atom. The second-order valence-corrected chi connectivity index (χ2v) is 7.11. The highest BCUT2D eigenvalue weighted by Gasteiger charge is 2.47. The van der Waals surface area contributed by atoms with E-state index in [9.17, 15) is 24.2 Å². The van der Waals surface area contributed by atoms with Crippen LogP contribution in [0, 0.1) is 12.7 Å². The maximum Gasteiger partial charge on any atom is 0.300 e. The molecule has 2 N–H and O–H groups in total. The standard InChI is InChI=1S/C24H18FNO4/c1-14-5-7-15(8-6-14)22(28)20-21(16-3-2-4-17(25)13-16)26(24(30)23(20)29)18-9-11-19(27)12-10-18/h2-13,21,27-28H,1H3/t21-/m0/s1. The molecule has 0 radical (unpaired) electrons. The summed E-state index contributed by atoms with van der Waals surface area (Å²) >= 11 is 0. The maximum absolute atomic E-state index is 14.0. The van der Waals surface area contributed by atoms with Gasteiger partial charge in [0.25, 0.3) is 11.7 Å². The van der Waals surface area contributed by atoms with Gasteiger partial charge >= 0.3 is 0 Å². The first kappa shape index (κ1) is 19.4. The molecular weight excluding hydrogens is 385 g/mol. The number of nitrogens with zero attached hydrogens (tertiary/aromatic N) is 1. The fourth-order valence-corrected chi connectivity index (χ4v) is 3.57. The topological polar surface area (TPSA) is 77.8 Å². The van der Waals surface area contributed by atoms with Crippen LogP contribution in [0.15, 0.2) is 78.4 Å². The van der Waals surface area contributed by atoms with Crippen LogP contribution in [0.4, 0.5) is 10.1 Å². The highest BCUT2D eigenvalue weighted by atomic mass is 19.1. The van der Waals surface area contributed by atoms with E-state index >= 15 is 0 Å². The molecule has 1 saturated heterocycles. The Balaban J connectivity index is 1.95. The number of aromatic hydroxyl groups is 1. The zero-order valence-corrected chi connectivity index (χ0v) is 16.0. The van der Waals surface area contributed by atoms with Gasteiger partial charge in [-0.05, 0) is 48.9 Å². The van der Waals surface area contributed by atoms with Crippen molar-refractivity contribution in [3.63, 3.8) is 0 Å². The average molecular weight is 403 g/mol. The van der Waals surface area contributed by atoms with Gasteiger partial charge < -0.3 is 10.2 Å². The average Bonchev–Trinajstić information content (AvgIpc) is 3.00. The second kappa shape index (κ2) is 7.48. The van der Waals surface area contributed by atoms with Crippen molar-refractivity contribution >= 4 is 23.1 Å². The van der Waals surface area contributed by atoms with E-state index in [0.29, 0.717) is 16.8 Å². The van der Waals surface area contributed by atoms with E-state index in [4.69, 9.17) is 0 Å². The lowest BCUT2D eigenvalue weighted by atomic mass is 9.95. The highest BCUT2D eigenvalue weighted by Crippen LogP contribution is 2.42. The number of aliphatic hydroxyl groups is 1. The molecule has 30 heavy (non-hydrogen) atoms. The lowest BCUT2D eigenvalue weighted by Gasteiger charge is -2.25. The molecule has 1 amide bonds. The summed E-state index contributed by atoms with van der Waals surface area (Å²) in [7, 11) is 0. The quantitative estimate of drug-likeness (QED) is 0.384. The van der Waals surface area contributed by atoms with Gasteiger partial charge in [-0.25, -0.2) is 4.39 Å². The number of halogens is 1. The molecule has 150 valence electrons. The molecular formula is C24H18FNO4. The minimum atomic E-state index is -1.02. The molecule has 4 rings (SSSR count). The van der Waals surface area contributed by atoms with Gasteiger partial charge in [0, 0.05) is 11.3 Å². The molecule has 0 bridgehead atoms.